The average Bonchev–Trinajstić information content (AvgIpc) is 2.99. The van der Waals surface area contributed by atoms with Crippen molar-refractivity contribution in [2.75, 3.05) is 13.1 Å². The molecule has 1 atom stereocenters. The quantitative estimate of drug-likeness (QED) is 0.722. The minimum absolute atomic E-state index is 0.0638. The second kappa shape index (κ2) is 6.31. The summed E-state index contributed by atoms with van der Waals surface area (Å²) in [6.45, 7) is 3.53. The van der Waals surface area contributed by atoms with Crippen LogP contribution in [0, 0.1) is 6.92 Å². The summed E-state index contributed by atoms with van der Waals surface area (Å²) in [5.74, 6) is 1.44. The van der Waals surface area contributed by atoms with Gasteiger partial charge in [0.25, 0.3) is 5.91 Å². The van der Waals surface area contributed by atoms with Crippen LogP contribution in [0.3, 0.4) is 0 Å². The SMILES string of the molecule is Cc1cn(C)c([C@@H]2CCCN(C(=O)c3cnc4ccccc4c3)C2)n1. The maximum atomic E-state index is 13.0. The fourth-order valence-electron chi connectivity index (χ4n) is 3.76. The third kappa shape index (κ3) is 3.02. The third-order valence-electron chi connectivity index (χ3n) is 4.94. The van der Waals surface area contributed by atoms with E-state index in [1.165, 1.54) is 0 Å². The lowest BCUT2D eigenvalue weighted by molar-refractivity contribution is 0.0703. The maximum Gasteiger partial charge on any atom is 0.255 e. The van der Waals surface area contributed by atoms with Crippen molar-refractivity contribution < 1.29 is 4.79 Å². The molecule has 2 aromatic heterocycles. The number of amides is 1. The van der Waals surface area contributed by atoms with Gasteiger partial charge in [0.2, 0.25) is 0 Å². The van der Waals surface area contributed by atoms with Crippen LogP contribution < -0.4 is 0 Å². The number of likely N-dealkylation sites (tertiary alicyclic amines) is 1. The number of pyridine rings is 1. The van der Waals surface area contributed by atoms with E-state index in [1.54, 1.807) is 6.20 Å². The van der Waals surface area contributed by atoms with E-state index in [2.05, 4.69) is 14.5 Å². The third-order valence-corrected chi connectivity index (χ3v) is 4.94. The fourth-order valence-corrected chi connectivity index (χ4v) is 3.76. The first-order valence-electron chi connectivity index (χ1n) is 8.76. The Labute approximate surface area is 147 Å². The lowest BCUT2D eigenvalue weighted by atomic mass is 9.96. The molecule has 128 valence electrons. The van der Waals surface area contributed by atoms with E-state index in [-0.39, 0.29) is 5.91 Å². The lowest BCUT2D eigenvalue weighted by Gasteiger charge is -2.32. The van der Waals surface area contributed by atoms with E-state index in [4.69, 9.17) is 0 Å². The summed E-state index contributed by atoms with van der Waals surface area (Å²) < 4.78 is 2.09. The Balaban J connectivity index is 1.57. The Bertz CT molecular complexity index is 930. The molecule has 1 saturated heterocycles. The Morgan fingerprint density at radius 1 is 1.28 bits per heavy atom. The van der Waals surface area contributed by atoms with Crippen LogP contribution in [0.1, 0.15) is 40.6 Å². The van der Waals surface area contributed by atoms with Crippen LogP contribution in [0.25, 0.3) is 10.9 Å². The number of hydrogen-bond donors (Lipinski definition) is 0. The molecular formula is C20H22N4O. The van der Waals surface area contributed by atoms with Crippen LogP contribution >= 0.6 is 0 Å². The molecule has 0 radical (unpaired) electrons. The number of rotatable bonds is 2. The van der Waals surface area contributed by atoms with Crippen molar-refractivity contribution in [1.29, 1.82) is 0 Å². The smallest absolute Gasteiger partial charge is 0.255 e. The van der Waals surface area contributed by atoms with Crippen molar-refractivity contribution in [2.45, 2.75) is 25.7 Å². The van der Waals surface area contributed by atoms with Crippen molar-refractivity contribution in [1.82, 2.24) is 19.4 Å². The van der Waals surface area contributed by atoms with Crippen LogP contribution in [0.15, 0.2) is 42.7 Å². The van der Waals surface area contributed by atoms with Crippen molar-refractivity contribution in [3.05, 3.63) is 59.8 Å². The normalized spacial score (nSPS) is 17.8. The summed E-state index contributed by atoms with van der Waals surface area (Å²) in [6.07, 6.45) is 5.82. The zero-order valence-corrected chi connectivity index (χ0v) is 14.6. The average molecular weight is 334 g/mol. The molecule has 0 saturated carbocycles. The molecule has 3 aromatic rings. The summed E-state index contributed by atoms with van der Waals surface area (Å²) in [5.41, 5.74) is 2.61. The second-order valence-corrected chi connectivity index (χ2v) is 6.86. The van der Waals surface area contributed by atoms with Gasteiger partial charge in [0, 0.05) is 43.8 Å². The van der Waals surface area contributed by atoms with E-state index >= 15 is 0 Å². The Morgan fingerprint density at radius 2 is 2.12 bits per heavy atom. The van der Waals surface area contributed by atoms with E-state index in [1.807, 2.05) is 55.4 Å². The summed E-state index contributed by atoms with van der Waals surface area (Å²) in [4.78, 5) is 24.0. The largest absolute Gasteiger partial charge is 0.338 e. The number of hydrogen-bond acceptors (Lipinski definition) is 3. The Kier molecular flexibility index (Phi) is 3.99. The molecule has 4 rings (SSSR count). The Morgan fingerprint density at radius 3 is 2.92 bits per heavy atom. The van der Waals surface area contributed by atoms with Gasteiger partial charge in [-0.2, -0.15) is 0 Å². The predicted molar refractivity (Wildman–Crippen MR) is 97.6 cm³/mol. The van der Waals surface area contributed by atoms with Gasteiger partial charge >= 0.3 is 0 Å². The molecular weight excluding hydrogens is 312 g/mol. The molecule has 3 heterocycles. The van der Waals surface area contributed by atoms with Gasteiger partial charge in [0.1, 0.15) is 5.82 Å². The fraction of sp³-hybridized carbons (Fsp3) is 0.350. The van der Waals surface area contributed by atoms with Crippen molar-refractivity contribution in [2.24, 2.45) is 7.05 Å². The van der Waals surface area contributed by atoms with Gasteiger partial charge in [-0.15, -0.1) is 0 Å². The lowest BCUT2D eigenvalue weighted by Crippen LogP contribution is -2.39. The molecule has 1 fully saturated rings. The van der Waals surface area contributed by atoms with Gasteiger partial charge in [0.15, 0.2) is 0 Å². The molecule has 0 spiro atoms. The van der Waals surface area contributed by atoms with Crippen molar-refractivity contribution in [3.63, 3.8) is 0 Å². The zero-order chi connectivity index (χ0) is 17.4. The van der Waals surface area contributed by atoms with E-state index in [0.29, 0.717) is 11.5 Å². The number of imidazole rings is 1. The monoisotopic (exact) mass is 334 g/mol. The van der Waals surface area contributed by atoms with Crippen LogP contribution in [0.5, 0.6) is 0 Å². The number of piperidine rings is 1. The van der Waals surface area contributed by atoms with E-state index < -0.39 is 0 Å². The minimum Gasteiger partial charge on any atom is -0.338 e. The molecule has 0 unspecified atom stereocenters. The summed E-state index contributed by atoms with van der Waals surface area (Å²) in [6, 6.07) is 9.83. The number of carbonyl (C=O) groups excluding carboxylic acids is 1. The number of fused-ring (bicyclic) bond motifs is 1. The first-order chi connectivity index (χ1) is 12.1. The molecule has 1 amide bonds. The second-order valence-electron chi connectivity index (χ2n) is 6.86. The zero-order valence-electron chi connectivity index (χ0n) is 14.6. The number of para-hydroxylation sites is 1. The van der Waals surface area contributed by atoms with Gasteiger partial charge in [-0.1, -0.05) is 18.2 Å². The highest BCUT2D eigenvalue weighted by Gasteiger charge is 2.28. The standard InChI is InChI=1S/C20H22N4O/c1-14-12-23(2)19(22-14)16-7-5-9-24(13-16)20(25)17-10-15-6-3-4-8-18(15)21-11-17/h3-4,6,8,10-12,16H,5,7,9,13H2,1-2H3/t16-/m1/s1. The van der Waals surface area contributed by atoms with E-state index in [0.717, 1.165) is 48.4 Å². The molecule has 5 nitrogen and oxygen atoms in total. The summed E-state index contributed by atoms with van der Waals surface area (Å²) in [5, 5.41) is 1.00. The van der Waals surface area contributed by atoms with E-state index in [9.17, 15) is 4.79 Å². The van der Waals surface area contributed by atoms with Crippen LogP contribution in [0.4, 0.5) is 0 Å². The number of nitrogens with zero attached hydrogens (tertiary/aromatic N) is 4. The van der Waals surface area contributed by atoms with Crippen molar-refractivity contribution >= 4 is 16.8 Å². The number of aromatic nitrogens is 3. The van der Waals surface area contributed by atoms with Gasteiger partial charge in [-0.25, -0.2) is 4.98 Å². The highest BCUT2D eigenvalue weighted by Crippen LogP contribution is 2.27. The first kappa shape index (κ1) is 15.8. The molecule has 5 heteroatoms. The predicted octanol–water partition coefficient (Wildman–Crippen LogP) is 3.30. The molecule has 0 aliphatic carbocycles. The molecule has 1 aliphatic heterocycles. The van der Waals surface area contributed by atoms with Crippen LogP contribution in [-0.4, -0.2) is 38.4 Å². The number of aryl methyl sites for hydroxylation is 2. The van der Waals surface area contributed by atoms with Gasteiger partial charge in [-0.05, 0) is 31.9 Å². The summed E-state index contributed by atoms with van der Waals surface area (Å²) in [7, 11) is 2.03. The Hall–Kier alpha value is -2.69. The minimum atomic E-state index is 0.0638. The van der Waals surface area contributed by atoms with Gasteiger partial charge in [0.05, 0.1) is 16.8 Å². The molecule has 25 heavy (non-hydrogen) atoms. The number of benzene rings is 1. The first-order valence-corrected chi connectivity index (χ1v) is 8.76. The number of carbonyl (C=O) groups is 1. The topological polar surface area (TPSA) is 51.0 Å². The highest BCUT2D eigenvalue weighted by atomic mass is 16.2. The molecule has 0 bridgehead atoms. The van der Waals surface area contributed by atoms with Crippen molar-refractivity contribution in [3.8, 4) is 0 Å². The van der Waals surface area contributed by atoms with Crippen LogP contribution in [-0.2, 0) is 7.05 Å². The van der Waals surface area contributed by atoms with Gasteiger partial charge < -0.3 is 9.47 Å². The van der Waals surface area contributed by atoms with Gasteiger partial charge in [-0.3, -0.25) is 9.78 Å². The van der Waals surface area contributed by atoms with Crippen LogP contribution in [0.2, 0.25) is 0 Å². The maximum absolute atomic E-state index is 13.0. The molecule has 1 aromatic carbocycles. The molecule has 1 aliphatic rings. The highest BCUT2D eigenvalue weighted by molar-refractivity contribution is 5.97. The summed E-state index contributed by atoms with van der Waals surface area (Å²) >= 11 is 0. The molecule has 0 N–H and O–H groups in total.